The van der Waals surface area contributed by atoms with Crippen molar-refractivity contribution in [2.24, 2.45) is 0 Å². The van der Waals surface area contributed by atoms with Crippen LogP contribution in [0, 0.1) is 6.92 Å². The van der Waals surface area contributed by atoms with E-state index in [-0.39, 0.29) is 11.6 Å². The third kappa shape index (κ3) is 5.06. The van der Waals surface area contributed by atoms with E-state index in [2.05, 4.69) is 31.2 Å². The van der Waals surface area contributed by atoms with Crippen LogP contribution in [0.4, 0.5) is 0 Å². The van der Waals surface area contributed by atoms with Crippen LogP contribution in [-0.2, 0) is 6.42 Å². The summed E-state index contributed by atoms with van der Waals surface area (Å²) in [6.45, 7) is 3.62. The lowest BCUT2D eigenvalue weighted by molar-refractivity contribution is 0.0977. The van der Waals surface area contributed by atoms with Gasteiger partial charge in [-0.25, -0.2) is 4.98 Å². The molecule has 0 radical (unpaired) electrons. The molecule has 3 nitrogen and oxygen atoms in total. The van der Waals surface area contributed by atoms with Crippen LogP contribution in [0.3, 0.4) is 0 Å². The summed E-state index contributed by atoms with van der Waals surface area (Å²) in [4.78, 5) is 29.3. The van der Waals surface area contributed by atoms with Crippen LogP contribution >= 0.6 is 0 Å². The second-order valence-corrected chi connectivity index (χ2v) is 8.03. The summed E-state index contributed by atoms with van der Waals surface area (Å²) in [6.07, 6.45) is 4.86. The van der Waals surface area contributed by atoms with Crippen LogP contribution in [0.15, 0.2) is 78.9 Å². The van der Waals surface area contributed by atoms with Crippen LogP contribution in [-0.4, -0.2) is 16.6 Å². The summed E-state index contributed by atoms with van der Waals surface area (Å²) in [7, 11) is 0. The molecule has 0 bridgehead atoms. The van der Waals surface area contributed by atoms with Gasteiger partial charge in [-0.1, -0.05) is 66.7 Å². The number of carbonyl (C=O) groups is 2. The van der Waals surface area contributed by atoms with Crippen molar-refractivity contribution < 1.29 is 9.59 Å². The van der Waals surface area contributed by atoms with Gasteiger partial charge in [0.15, 0.2) is 11.6 Å². The Hall–Kier alpha value is -3.85. The summed E-state index contributed by atoms with van der Waals surface area (Å²) < 4.78 is 0. The largest absolute Gasteiger partial charge is 0.295 e. The van der Waals surface area contributed by atoms with E-state index in [1.165, 1.54) is 5.56 Å². The molecule has 0 atom stereocenters. The van der Waals surface area contributed by atoms with E-state index in [0.29, 0.717) is 24.0 Å². The quantitative estimate of drug-likeness (QED) is 0.312. The summed E-state index contributed by atoms with van der Waals surface area (Å²) in [6, 6.07) is 25.4. The number of aromatic nitrogens is 1. The average molecular weight is 420 g/mol. The van der Waals surface area contributed by atoms with Gasteiger partial charge in [-0.2, -0.15) is 0 Å². The van der Waals surface area contributed by atoms with Crippen LogP contribution in [0.5, 0.6) is 0 Å². The molecule has 3 heteroatoms. The predicted octanol–water partition coefficient (Wildman–Crippen LogP) is 6.73. The lowest BCUT2D eigenvalue weighted by Gasteiger charge is -2.07. The van der Waals surface area contributed by atoms with Crippen molar-refractivity contribution in [3.63, 3.8) is 0 Å². The van der Waals surface area contributed by atoms with Crippen molar-refractivity contribution in [2.75, 3.05) is 0 Å². The molecule has 32 heavy (non-hydrogen) atoms. The molecule has 1 heterocycles. The SMILES string of the molecule is CC(=O)c1ccccc1CCC(=O)c1cccc(/C=C/c2ccc3ccc(C)cc3n2)c1. The fraction of sp³-hybridized carbons (Fsp3) is 0.138. The van der Waals surface area contributed by atoms with Crippen LogP contribution in [0.2, 0.25) is 0 Å². The van der Waals surface area contributed by atoms with Crippen molar-refractivity contribution in [3.05, 3.63) is 112 Å². The van der Waals surface area contributed by atoms with Gasteiger partial charge in [-0.3, -0.25) is 9.59 Å². The molecule has 158 valence electrons. The smallest absolute Gasteiger partial charge is 0.163 e. The lowest BCUT2D eigenvalue weighted by Crippen LogP contribution is -2.05. The third-order valence-corrected chi connectivity index (χ3v) is 5.54. The zero-order valence-corrected chi connectivity index (χ0v) is 18.3. The van der Waals surface area contributed by atoms with Gasteiger partial charge in [-0.05, 0) is 61.2 Å². The summed E-state index contributed by atoms with van der Waals surface area (Å²) >= 11 is 0. The van der Waals surface area contributed by atoms with Gasteiger partial charge in [0.05, 0.1) is 11.2 Å². The Balaban J connectivity index is 1.47. The number of fused-ring (bicyclic) bond motifs is 1. The number of hydrogen-bond donors (Lipinski definition) is 0. The van der Waals surface area contributed by atoms with E-state index in [9.17, 15) is 9.59 Å². The molecule has 0 amide bonds. The Kier molecular flexibility index (Phi) is 6.37. The highest BCUT2D eigenvalue weighted by atomic mass is 16.1. The maximum atomic E-state index is 12.8. The third-order valence-electron chi connectivity index (χ3n) is 5.54. The molecule has 0 saturated heterocycles. The van der Waals surface area contributed by atoms with E-state index < -0.39 is 0 Å². The summed E-state index contributed by atoms with van der Waals surface area (Å²) in [5, 5.41) is 1.12. The second-order valence-electron chi connectivity index (χ2n) is 8.03. The van der Waals surface area contributed by atoms with Gasteiger partial charge in [0.25, 0.3) is 0 Å². The van der Waals surface area contributed by atoms with Crippen LogP contribution in [0.25, 0.3) is 23.1 Å². The number of ketones is 2. The number of pyridine rings is 1. The maximum absolute atomic E-state index is 12.8. The van der Waals surface area contributed by atoms with Crippen LogP contribution < -0.4 is 0 Å². The molecule has 0 spiro atoms. The minimum absolute atomic E-state index is 0.0256. The fourth-order valence-electron chi connectivity index (χ4n) is 3.81. The van der Waals surface area contributed by atoms with Crippen LogP contribution in [0.1, 0.15) is 56.4 Å². The molecule has 4 aromatic rings. The molecule has 0 aliphatic rings. The normalized spacial score (nSPS) is 11.2. The number of aryl methyl sites for hydroxylation is 2. The summed E-state index contributed by atoms with van der Waals surface area (Å²) in [5.41, 5.74) is 6.27. The number of benzene rings is 3. The highest BCUT2D eigenvalue weighted by Gasteiger charge is 2.10. The van der Waals surface area contributed by atoms with E-state index in [1.54, 1.807) is 6.92 Å². The standard InChI is InChI=1S/C29H25NO2/c1-20-10-12-24-13-16-26(30-28(24)18-20)15-11-22-6-5-8-25(19-22)29(32)17-14-23-7-3-4-9-27(23)21(2)31/h3-13,15-16,18-19H,14,17H2,1-2H3/b15-11+. The number of nitrogens with zero attached hydrogens (tertiary/aromatic N) is 1. The molecular formula is C29H25NO2. The lowest BCUT2D eigenvalue weighted by atomic mass is 9.97. The van der Waals surface area contributed by atoms with Crippen molar-refractivity contribution in [1.29, 1.82) is 0 Å². The summed E-state index contributed by atoms with van der Waals surface area (Å²) in [5.74, 6) is 0.0931. The molecule has 0 aliphatic heterocycles. The van der Waals surface area contributed by atoms with Crippen molar-refractivity contribution in [2.45, 2.75) is 26.7 Å². The molecule has 0 aliphatic carbocycles. The topological polar surface area (TPSA) is 47.0 Å². The first kappa shape index (κ1) is 21.4. The molecular weight excluding hydrogens is 394 g/mol. The van der Waals surface area contributed by atoms with E-state index in [0.717, 1.165) is 27.7 Å². The maximum Gasteiger partial charge on any atom is 0.163 e. The Morgan fingerprint density at radius 2 is 1.69 bits per heavy atom. The first-order chi connectivity index (χ1) is 15.5. The van der Waals surface area contributed by atoms with Gasteiger partial charge in [-0.15, -0.1) is 0 Å². The number of Topliss-reactive ketones (excluding diaryl/α,β-unsaturated/α-hetero) is 2. The van der Waals surface area contributed by atoms with Crippen molar-refractivity contribution >= 4 is 34.6 Å². The van der Waals surface area contributed by atoms with Gasteiger partial charge < -0.3 is 0 Å². The molecule has 1 aromatic heterocycles. The minimum Gasteiger partial charge on any atom is -0.295 e. The Bertz CT molecular complexity index is 1330. The Morgan fingerprint density at radius 1 is 0.875 bits per heavy atom. The van der Waals surface area contributed by atoms with E-state index >= 15 is 0 Å². The van der Waals surface area contributed by atoms with Gasteiger partial charge >= 0.3 is 0 Å². The van der Waals surface area contributed by atoms with E-state index in [1.807, 2.05) is 66.7 Å². The fourth-order valence-corrected chi connectivity index (χ4v) is 3.81. The molecule has 0 N–H and O–H groups in total. The first-order valence-corrected chi connectivity index (χ1v) is 10.8. The molecule has 3 aromatic carbocycles. The Morgan fingerprint density at radius 3 is 2.53 bits per heavy atom. The number of hydrogen-bond acceptors (Lipinski definition) is 3. The highest BCUT2D eigenvalue weighted by Crippen LogP contribution is 2.18. The number of carbonyl (C=O) groups excluding carboxylic acids is 2. The van der Waals surface area contributed by atoms with Crippen molar-refractivity contribution in [1.82, 2.24) is 4.98 Å². The number of rotatable bonds is 7. The predicted molar refractivity (Wildman–Crippen MR) is 131 cm³/mol. The Labute approximate surface area is 188 Å². The van der Waals surface area contributed by atoms with Gasteiger partial charge in [0.1, 0.15) is 0 Å². The zero-order chi connectivity index (χ0) is 22.5. The average Bonchev–Trinajstić information content (AvgIpc) is 2.81. The zero-order valence-electron chi connectivity index (χ0n) is 18.3. The van der Waals surface area contributed by atoms with Crippen molar-refractivity contribution in [3.8, 4) is 0 Å². The molecule has 4 rings (SSSR count). The molecule has 0 fully saturated rings. The van der Waals surface area contributed by atoms with E-state index in [4.69, 9.17) is 4.98 Å². The monoisotopic (exact) mass is 419 g/mol. The minimum atomic E-state index is 0.0256. The first-order valence-electron chi connectivity index (χ1n) is 10.8. The highest BCUT2D eigenvalue weighted by molar-refractivity contribution is 5.98. The van der Waals surface area contributed by atoms with Gasteiger partial charge in [0.2, 0.25) is 0 Å². The van der Waals surface area contributed by atoms with Gasteiger partial charge in [0, 0.05) is 22.9 Å². The molecule has 0 unspecified atom stereocenters. The molecule has 0 saturated carbocycles. The second kappa shape index (κ2) is 9.52.